The highest BCUT2D eigenvalue weighted by molar-refractivity contribution is 7.99. The van der Waals surface area contributed by atoms with E-state index >= 15 is 0 Å². The summed E-state index contributed by atoms with van der Waals surface area (Å²) in [6.07, 6.45) is 0.455. The van der Waals surface area contributed by atoms with Crippen molar-refractivity contribution < 1.29 is 9.59 Å². The number of carbonyl (C=O) groups excluding carboxylic acids is 2. The Morgan fingerprint density at radius 1 is 0.939 bits per heavy atom. The number of rotatable bonds is 10. The first-order valence-electron chi connectivity index (χ1n) is 10.9. The van der Waals surface area contributed by atoms with Crippen LogP contribution in [0.2, 0.25) is 5.02 Å². The van der Waals surface area contributed by atoms with E-state index in [0.717, 1.165) is 22.3 Å². The second-order valence-electron chi connectivity index (χ2n) is 7.95. The molecule has 1 N–H and O–H groups in total. The maximum absolute atomic E-state index is 13.4. The monoisotopic (exact) mass is 480 g/mol. The van der Waals surface area contributed by atoms with Crippen LogP contribution in [0.25, 0.3) is 0 Å². The molecule has 0 fully saturated rings. The number of thioether (sulfide) groups is 1. The van der Waals surface area contributed by atoms with E-state index in [1.165, 1.54) is 11.8 Å². The summed E-state index contributed by atoms with van der Waals surface area (Å²) < 4.78 is 0. The predicted octanol–water partition coefficient (Wildman–Crippen LogP) is 5.27. The largest absolute Gasteiger partial charge is 0.357 e. The molecule has 0 radical (unpaired) electrons. The number of nitrogens with one attached hydrogen (secondary N) is 1. The fraction of sp³-hybridized carbons (Fsp3) is 0.259. The molecular weight excluding hydrogens is 452 g/mol. The molecule has 3 aromatic carbocycles. The van der Waals surface area contributed by atoms with E-state index < -0.39 is 6.04 Å². The average molecular weight is 481 g/mol. The maximum atomic E-state index is 13.4. The summed E-state index contributed by atoms with van der Waals surface area (Å²) in [6.45, 7) is 2.40. The summed E-state index contributed by atoms with van der Waals surface area (Å²) in [6, 6.07) is 24.9. The van der Waals surface area contributed by atoms with Crippen molar-refractivity contribution in [2.24, 2.45) is 0 Å². The zero-order chi connectivity index (χ0) is 23.6. The van der Waals surface area contributed by atoms with Crippen molar-refractivity contribution in [1.82, 2.24) is 10.2 Å². The first kappa shape index (κ1) is 24.9. The lowest BCUT2D eigenvalue weighted by Crippen LogP contribution is -2.50. The zero-order valence-electron chi connectivity index (χ0n) is 19.0. The minimum absolute atomic E-state index is 0.0620. The molecule has 4 nitrogen and oxygen atoms in total. The summed E-state index contributed by atoms with van der Waals surface area (Å²) in [5, 5.41) is 3.44. The maximum Gasteiger partial charge on any atom is 0.242 e. The molecule has 1 atom stereocenters. The molecule has 3 rings (SSSR count). The van der Waals surface area contributed by atoms with Crippen LogP contribution in [0.15, 0.2) is 78.9 Å². The third kappa shape index (κ3) is 7.65. The zero-order valence-corrected chi connectivity index (χ0v) is 20.5. The van der Waals surface area contributed by atoms with Gasteiger partial charge >= 0.3 is 0 Å². The average Bonchev–Trinajstić information content (AvgIpc) is 2.81. The molecule has 172 valence electrons. The molecule has 0 aliphatic heterocycles. The Kier molecular flexibility index (Phi) is 9.40. The highest BCUT2D eigenvalue weighted by Gasteiger charge is 2.29. The Hall–Kier alpha value is -2.76. The number of likely N-dealkylation sites (N-methyl/N-ethyl adjacent to an activating group) is 1. The highest BCUT2D eigenvalue weighted by atomic mass is 35.5. The molecule has 0 aromatic heterocycles. The van der Waals surface area contributed by atoms with Crippen LogP contribution >= 0.6 is 23.4 Å². The predicted molar refractivity (Wildman–Crippen MR) is 137 cm³/mol. The standard InChI is InChI=1S/C27H29ClN2O2S/c1-20-8-6-11-22(14-20)17-30(25(27(32)29-2)16-21-9-4-3-5-10-21)26(31)19-33-18-23-12-7-13-24(28)15-23/h3-15,25H,16-19H2,1-2H3,(H,29,32). The van der Waals surface area contributed by atoms with E-state index in [9.17, 15) is 9.59 Å². The van der Waals surface area contributed by atoms with Gasteiger partial charge in [0.05, 0.1) is 5.75 Å². The quantitative estimate of drug-likeness (QED) is 0.430. The Bertz CT molecular complexity index is 1070. The second-order valence-corrected chi connectivity index (χ2v) is 9.38. The van der Waals surface area contributed by atoms with Gasteiger partial charge in [-0.05, 0) is 35.7 Å². The van der Waals surface area contributed by atoms with Gasteiger partial charge in [-0.15, -0.1) is 11.8 Å². The van der Waals surface area contributed by atoms with Crippen LogP contribution in [0.4, 0.5) is 0 Å². The Morgan fingerprint density at radius 2 is 1.64 bits per heavy atom. The summed E-state index contributed by atoms with van der Waals surface area (Å²) >= 11 is 7.61. The lowest BCUT2D eigenvalue weighted by atomic mass is 10.0. The lowest BCUT2D eigenvalue weighted by molar-refractivity contribution is -0.139. The number of benzene rings is 3. The molecule has 2 amide bonds. The van der Waals surface area contributed by atoms with Gasteiger partial charge in [-0.2, -0.15) is 0 Å². The molecule has 0 aliphatic rings. The number of hydrogen-bond donors (Lipinski definition) is 1. The topological polar surface area (TPSA) is 49.4 Å². The molecule has 33 heavy (non-hydrogen) atoms. The normalized spacial score (nSPS) is 11.6. The molecule has 0 saturated heterocycles. The summed E-state index contributed by atoms with van der Waals surface area (Å²) in [7, 11) is 1.61. The molecule has 3 aromatic rings. The Balaban J connectivity index is 1.81. The third-order valence-corrected chi connectivity index (χ3v) is 6.56. The smallest absolute Gasteiger partial charge is 0.242 e. The van der Waals surface area contributed by atoms with Crippen molar-refractivity contribution in [1.29, 1.82) is 0 Å². The van der Waals surface area contributed by atoms with Crippen molar-refractivity contribution in [3.63, 3.8) is 0 Å². The van der Waals surface area contributed by atoms with Gasteiger partial charge in [-0.25, -0.2) is 0 Å². The van der Waals surface area contributed by atoms with Crippen molar-refractivity contribution in [3.8, 4) is 0 Å². The van der Waals surface area contributed by atoms with Gasteiger partial charge in [0.1, 0.15) is 6.04 Å². The number of halogens is 1. The van der Waals surface area contributed by atoms with Crippen molar-refractivity contribution in [2.45, 2.75) is 31.7 Å². The Morgan fingerprint density at radius 3 is 2.33 bits per heavy atom. The number of hydrogen-bond acceptors (Lipinski definition) is 3. The van der Waals surface area contributed by atoms with Gasteiger partial charge in [0.15, 0.2) is 0 Å². The second kappa shape index (κ2) is 12.5. The van der Waals surface area contributed by atoms with E-state index in [1.54, 1.807) is 11.9 Å². The van der Waals surface area contributed by atoms with E-state index in [0.29, 0.717) is 23.7 Å². The van der Waals surface area contributed by atoms with Crippen molar-refractivity contribution >= 4 is 35.2 Å². The van der Waals surface area contributed by atoms with Crippen LogP contribution in [0, 0.1) is 6.92 Å². The molecule has 0 heterocycles. The van der Waals surface area contributed by atoms with E-state index in [-0.39, 0.29) is 17.6 Å². The van der Waals surface area contributed by atoms with Crippen LogP contribution in [0.3, 0.4) is 0 Å². The molecule has 0 aliphatic carbocycles. The minimum Gasteiger partial charge on any atom is -0.357 e. The molecular formula is C27H29ClN2O2S. The van der Waals surface area contributed by atoms with Crippen LogP contribution in [0.1, 0.15) is 22.3 Å². The van der Waals surface area contributed by atoms with Gasteiger partial charge in [0, 0.05) is 30.8 Å². The Labute approximate surface area is 205 Å². The molecule has 1 unspecified atom stereocenters. The molecule has 0 bridgehead atoms. The van der Waals surface area contributed by atoms with E-state index in [4.69, 9.17) is 11.6 Å². The first-order chi connectivity index (χ1) is 16.0. The summed E-state index contributed by atoms with van der Waals surface area (Å²) in [4.78, 5) is 28.1. The van der Waals surface area contributed by atoms with Gasteiger partial charge in [-0.1, -0.05) is 83.9 Å². The van der Waals surface area contributed by atoms with Crippen LogP contribution in [-0.2, 0) is 28.3 Å². The number of carbonyl (C=O) groups is 2. The molecule has 0 saturated carbocycles. The summed E-state index contributed by atoms with van der Waals surface area (Å²) in [5.74, 6) is 0.724. The summed E-state index contributed by atoms with van der Waals surface area (Å²) in [5.41, 5.74) is 4.21. The van der Waals surface area contributed by atoms with Gasteiger partial charge in [0.2, 0.25) is 11.8 Å². The fourth-order valence-corrected chi connectivity index (χ4v) is 4.76. The van der Waals surface area contributed by atoms with Crippen molar-refractivity contribution in [3.05, 3.63) is 106 Å². The first-order valence-corrected chi connectivity index (χ1v) is 12.4. The van der Waals surface area contributed by atoms with Crippen LogP contribution in [-0.4, -0.2) is 35.6 Å². The van der Waals surface area contributed by atoms with Gasteiger partial charge < -0.3 is 10.2 Å². The van der Waals surface area contributed by atoms with Crippen LogP contribution in [0.5, 0.6) is 0 Å². The minimum atomic E-state index is -0.600. The van der Waals surface area contributed by atoms with E-state index in [1.807, 2.05) is 79.7 Å². The van der Waals surface area contributed by atoms with Gasteiger partial charge in [0.25, 0.3) is 0 Å². The lowest BCUT2D eigenvalue weighted by Gasteiger charge is -2.31. The SMILES string of the molecule is CNC(=O)C(Cc1ccccc1)N(Cc1cccc(C)c1)C(=O)CSCc1cccc(Cl)c1. The third-order valence-electron chi connectivity index (χ3n) is 5.34. The number of amides is 2. The van der Waals surface area contributed by atoms with Gasteiger partial charge in [-0.3, -0.25) is 9.59 Å². The van der Waals surface area contributed by atoms with E-state index in [2.05, 4.69) is 11.4 Å². The highest BCUT2D eigenvalue weighted by Crippen LogP contribution is 2.20. The number of nitrogens with zero attached hydrogens (tertiary/aromatic N) is 1. The molecule has 0 spiro atoms. The van der Waals surface area contributed by atoms with Crippen molar-refractivity contribution in [2.75, 3.05) is 12.8 Å². The van der Waals surface area contributed by atoms with Crippen LogP contribution < -0.4 is 5.32 Å². The fourth-order valence-electron chi connectivity index (χ4n) is 3.69. The molecule has 6 heteroatoms. The number of aryl methyl sites for hydroxylation is 1.